The van der Waals surface area contributed by atoms with Gasteiger partial charge in [0, 0.05) is 25.7 Å². The number of pyridine rings is 1. The summed E-state index contributed by atoms with van der Waals surface area (Å²) in [5.41, 5.74) is 6.97. The molecule has 1 aromatic rings. The van der Waals surface area contributed by atoms with Crippen LogP contribution in [0.1, 0.15) is 38.7 Å². The minimum atomic E-state index is 0.246. The summed E-state index contributed by atoms with van der Waals surface area (Å²) in [6.07, 6.45) is 4.37. The molecule has 98 valence electrons. The van der Waals surface area contributed by atoms with Gasteiger partial charge in [0.05, 0.1) is 0 Å². The third-order valence-corrected chi connectivity index (χ3v) is 3.65. The average molecular weight is 247 g/mol. The first kappa shape index (κ1) is 12.9. The average Bonchev–Trinajstić information content (AvgIpc) is 2.42. The van der Waals surface area contributed by atoms with Crippen molar-refractivity contribution in [3.63, 3.8) is 0 Å². The van der Waals surface area contributed by atoms with E-state index in [1.807, 2.05) is 17.0 Å². The van der Waals surface area contributed by atoms with Gasteiger partial charge in [-0.3, -0.25) is 4.79 Å². The molecule has 1 saturated heterocycles. The lowest BCUT2D eigenvalue weighted by Gasteiger charge is -2.23. The predicted octanol–water partition coefficient (Wildman–Crippen LogP) is 2.20. The zero-order valence-corrected chi connectivity index (χ0v) is 11.1. The zero-order chi connectivity index (χ0) is 13.2. The summed E-state index contributed by atoms with van der Waals surface area (Å²) in [5.74, 6) is 0.756. The highest BCUT2D eigenvalue weighted by molar-refractivity contribution is 5.76. The van der Waals surface area contributed by atoms with Crippen LogP contribution < -0.4 is 5.73 Å². The van der Waals surface area contributed by atoms with Gasteiger partial charge in [0.15, 0.2) is 0 Å². The highest BCUT2D eigenvalue weighted by atomic mass is 16.2. The third-order valence-electron chi connectivity index (χ3n) is 3.65. The first-order valence-corrected chi connectivity index (χ1v) is 6.44. The lowest BCUT2D eigenvalue weighted by Crippen LogP contribution is -2.30. The number of nitrogens with two attached hydrogens (primary N) is 1. The Morgan fingerprint density at radius 2 is 2.22 bits per heavy atom. The third kappa shape index (κ3) is 3.22. The van der Waals surface area contributed by atoms with Crippen LogP contribution in [0.15, 0.2) is 18.3 Å². The molecule has 4 nitrogen and oxygen atoms in total. The predicted molar refractivity (Wildman–Crippen MR) is 71.7 cm³/mol. The van der Waals surface area contributed by atoms with Crippen molar-refractivity contribution >= 4 is 11.7 Å². The molecule has 0 bridgehead atoms. The van der Waals surface area contributed by atoms with Gasteiger partial charge in [0.25, 0.3) is 0 Å². The SMILES string of the molecule is CC1(C)CCC(=O)N(Cc2ccnc(N)c2)CC1. The zero-order valence-electron chi connectivity index (χ0n) is 11.1. The summed E-state index contributed by atoms with van der Waals surface area (Å²) in [4.78, 5) is 18.0. The molecule has 1 amide bonds. The smallest absolute Gasteiger partial charge is 0.222 e. The Bertz CT molecular complexity index is 442. The van der Waals surface area contributed by atoms with Crippen molar-refractivity contribution in [3.8, 4) is 0 Å². The maximum absolute atomic E-state index is 12.1. The Morgan fingerprint density at radius 1 is 1.44 bits per heavy atom. The quantitative estimate of drug-likeness (QED) is 0.871. The van der Waals surface area contributed by atoms with Crippen LogP contribution in [-0.2, 0) is 11.3 Å². The van der Waals surface area contributed by atoms with Crippen LogP contribution >= 0.6 is 0 Å². The van der Waals surface area contributed by atoms with Crippen LogP contribution in [0, 0.1) is 5.41 Å². The number of aromatic nitrogens is 1. The molecule has 0 aromatic carbocycles. The number of rotatable bonds is 2. The molecule has 1 aromatic heterocycles. The van der Waals surface area contributed by atoms with E-state index in [2.05, 4.69) is 18.8 Å². The first-order valence-electron chi connectivity index (χ1n) is 6.44. The van der Waals surface area contributed by atoms with Crippen molar-refractivity contribution in [2.75, 3.05) is 12.3 Å². The molecule has 2 rings (SSSR count). The lowest BCUT2D eigenvalue weighted by molar-refractivity contribution is -0.131. The number of likely N-dealkylation sites (tertiary alicyclic amines) is 1. The van der Waals surface area contributed by atoms with E-state index in [0.717, 1.165) is 24.9 Å². The molecule has 18 heavy (non-hydrogen) atoms. The van der Waals surface area contributed by atoms with E-state index >= 15 is 0 Å². The van der Waals surface area contributed by atoms with E-state index < -0.39 is 0 Å². The topological polar surface area (TPSA) is 59.2 Å². The largest absolute Gasteiger partial charge is 0.384 e. The van der Waals surface area contributed by atoms with E-state index in [0.29, 0.717) is 18.8 Å². The molecule has 2 heterocycles. The van der Waals surface area contributed by atoms with Gasteiger partial charge in [0.1, 0.15) is 5.82 Å². The standard InChI is InChI=1S/C14H21N3O/c1-14(2)5-3-13(18)17(8-6-14)10-11-4-7-16-12(15)9-11/h4,7,9H,3,5-6,8,10H2,1-2H3,(H2,15,16). The number of carbonyl (C=O) groups is 1. The molecule has 1 aliphatic heterocycles. The molecule has 0 saturated carbocycles. The Kier molecular flexibility index (Phi) is 3.55. The van der Waals surface area contributed by atoms with Gasteiger partial charge in [-0.05, 0) is 36.0 Å². The van der Waals surface area contributed by atoms with Crippen LogP contribution in [0.5, 0.6) is 0 Å². The van der Waals surface area contributed by atoms with Gasteiger partial charge in [-0.15, -0.1) is 0 Å². The minimum Gasteiger partial charge on any atom is -0.384 e. The summed E-state index contributed by atoms with van der Waals surface area (Å²) in [5, 5.41) is 0. The molecule has 2 N–H and O–H groups in total. The van der Waals surface area contributed by atoms with Crippen LogP contribution in [0.2, 0.25) is 0 Å². The Balaban J connectivity index is 2.06. The molecule has 0 atom stereocenters. The van der Waals surface area contributed by atoms with Gasteiger partial charge in [-0.1, -0.05) is 13.8 Å². The van der Waals surface area contributed by atoms with Crippen molar-refractivity contribution in [1.82, 2.24) is 9.88 Å². The molecule has 0 radical (unpaired) electrons. The highest BCUT2D eigenvalue weighted by Gasteiger charge is 2.27. The highest BCUT2D eigenvalue weighted by Crippen LogP contribution is 2.30. The normalized spacial score (nSPS) is 19.7. The van der Waals surface area contributed by atoms with E-state index in [9.17, 15) is 4.79 Å². The second-order valence-corrected chi connectivity index (χ2v) is 5.82. The van der Waals surface area contributed by atoms with Crippen LogP contribution in [0.4, 0.5) is 5.82 Å². The van der Waals surface area contributed by atoms with Gasteiger partial charge in [-0.25, -0.2) is 4.98 Å². The summed E-state index contributed by atoms with van der Waals surface area (Å²) in [6, 6.07) is 3.75. The molecule has 0 unspecified atom stereocenters. The Morgan fingerprint density at radius 3 is 2.94 bits per heavy atom. The van der Waals surface area contributed by atoms with Crippen molar-refractivity contribution in [3.05, 3.63) is 23.9 Å². The maximum Gasteiger partial charge on any atom is 0.222 e. The van der Waals surface area contributed by atoms with Crippen LogP contribution in [0.25, 0.3) is 0 Å². The van der Waals surface area contributed by atoms with E-state index in [4.69, 9.17) is 5.73 Å². The Hall–Kier alpha value is -1.58. The molecular weight excluding hydrogens is 226 g/mol. The number of hydrogen-bond donors (Lipinski definition) is 1. The van der Waals surface area contributed by atoms with Gasteiger partial charge in [-0.2, -0.15) is 0 Å². The molecule has 4 heteroatoms. The number of hydrogen-bond acceptors (Lipinski definition) is 3. The Labute approximate surface area is 108 Å². The number of nitrogens with zero attached hydrogens (tertiary/aromatic N) is 2. The second-order valence-electron chi connectivity index (χ2n) is 5.82. The van der Waals surface area contributed by atoms with Gasteiger partial charge in [0.2, 0.25) is 5.91 Å². The molecule has 0 spiro atoms. The number of amides is 1. The summed E-state index contributed by atoms with van der Waals surface area (Å²) < 4.78 is 0. The maximum atomic E-state index is 12.1. The fourth-order valence-corrected chi connectivity index (χ4v) is 2.27. The van der Waals surface area contributed by atoms with Crippen LogP contribution in [0.3, 0.4) is 0 Å². The monoisotopic (exact) mass is 247 g/mol. The van der Waals surface area contributed by atoms with E-state index in [1.54, 1.807) is 6.20 Å². The second kappa shape index (κ2) is 4.96. The summed E-state index contributed by atoms with van der Waals surface area (Å²) in [7, 11) is 0. The molecule has 1 aliphatic rings. The molecule has 1 fully saturated rings. The van der Waals surface area contributed by atoms with Crippen molar-refractivity contribution < 1.29 is 4.79 Å². The molecular formula is C14H21N3O. The first-order chi connectivity index (χ1) is 8.46. The van der Waals surface area contributed by atoms with Gasteiger partial charge < -0.3 is 10.6 Å². The van der Waals surface area contributed by atoms with Crippen LogP contribution in [-0.4, -0.2) is 22.3 Å². The van der Waals surface area contributed by atoms with Crippen molar-refractivity contribution in [2.24, 2.45) is 5.41 Å². The van der Waals surface area contributed by atoms with E-state index in [-0.39, 0.29) is 11.3 Å². The number of nitrogen functional groups attached to an aromatic ring is 1. The molecule has 0 aliphatic carbocycles. The number of anilines is 1. The fourth-order valence-electron chi connectivity index (χ4n) is 2.27. The lowest BCUT2D eigenvalue weighted by atomic mass is 9.85. The van der Waals surface area contributed by atoms with Gasteiger partial charge >= 0.3 is 0 Å². The summed E-state index contributed by atoms with van der Waals surface area (Å²) in [6.45, 7) is 5.93. The van der Waals surface area contributed by atoms with Crippen molar-refractivity contribution in [1.29, 1.82) is 0 Å². The van der Waals surface area contributed by atoms with Crippen molar-refractivity contribution in [2.45, 2.75) is 39.7 Å². The summed E-state index contributed by atoms with van der Waals surface area (Å²) >= 11 is 0. The number of carbonyl (C=O) groups excluding carboxylic acids is 1. The minimum absolute atomic E-state index is 0.246. The van der Waals surface area contributed by atoms with E-state index in [1.165, 1.54) is 0 Å². The fraction of sp³-hybridized carbons (Fsp3) is 0.571.